The lowest BCUT2D eigenvalue weighted by molar-refractivity contribution is -0.144. The number of hydrogen-bond acceptors (Lipinski definition) is 4. The fourth-order valence-corrected chi connectivity index (χ4v) is 4.38. The summed E-state index contributed by atoms with van der Waals surface area (Å²) in [6, 6.07) is 13.1. The van der Waals surface area contributed by atoms with Crippen LogP contribution in [0.25, 0.3) is 0 Å². The number of amides is 3. The summed E-state index contributed by atoms with van der Waals surface area (Å²) >= 11 is 0. The van der Waals surface area contributed by atoms with Crippen LogP contribution in [0.5, 0.6) is 0 Å². The average Bonchev–Trinajstić information content (AvgIpc) is 2.76. The van der Waals surface area contributed by atoms with Gasteiger partial charge in [0.2, 0.25) is 11.8 Å². The summed E-state index contributed by atoms with van der Waals surface area (Å²) in [6.07, 6.45) is -0.423. The van der Waals surface area contributed by atoms with Gasteiger partial charge in [0.1, 0.15) is 17.7 Å². The van der Waals surface area contributed by atoms with Gasteiger partial charge < -0.3 is 20.3 Å². The van der Waals surface area contributed by atoms with Crippen LogP contribution in [0, 0.1) is 13.8 Å². The van der Waals surface area contributed by atoms with Crippen LogP contribution in [0.4, 0.5) is 4.79 Å². The Balaban J connectivity index is 2.59. The number of nitrogens with one attached hydrogen (secondary N) is 2. The van der Waals surface area contributed by atoms with E-state index in [0.717, 1.165) is 22.3 Å². The van der Waals surface area contributed by atoms with Crippen LogP contribution in [-0.2, 0) is 20.7 Å². The summed E-state index contributed by atoms with van der Waals surface area (Å²) in [7, 11) is 0. The van der Waals surface area contributed by atoms with Gasteiger partial charge in [-0.1, -0.05) is 48.5 Å². The minimum Gasteiger partial charge on any atom is -0.444 e. The number of nitrogens with zero attached hydrogens (tertiary/aromatic N) is 1. The highest BCUT2D eigenvalue weighted by Crippen LogP contribution is 2.30. The first kappa shape index (κ1) is 29.9. The van der Waals surface area contributed by atoms with Crippen LogP contribution >= 0.6 is 0 Å². The van der Waals surface area contributed by atoms with Crippen molar-refractivity contribution in [3.05, 3.63) is 70.8 Å². The summed E-state index contributed by atoms with van der Waals surface area (Å²) in [5, 5.41) is 5.79. The third-order valence-corrected chi connectivity index (χ3v) is 5.86. The second-order valence-corrected chi connectivity index (χ2v) is 11.1. The summed E-state index contributed by atoms with van der Waals surface area (Å²) < 4.78 is 5.48. The Morgan fingerprint density at radius 1 is 0.865 bits per heavy atom. The molecule has 2 N–H and O–H groups in total. The van der Waals surface area contributed by atoms with E-state index in [1.165, 1.54) is 0 Å². The van der Waals surface area contributed by atoms with Gasteiger partial charge in [0.15, 0.2) is 0 Å². The molecule has 0 aliphatic heterocycles. The predicted molar refractivity (Wildman–Crippen MR) is 147 cm³/mol. The van der Waals surface area contributed by atoms with Crippen molar-refractivity contribution in [2.75, 3.05) is 0 Å². The Morgan fingerprint density at radius 3 is 1.92 bits per heavy atom. The number of rotatable bonds is 9. The molecular weight excluding hydrogens is 466 g/mol. The van der Waals surface area contributed by atoms with Crippen molar-refractivity contribution < 1.29 is 19.1 Å². The van der Waals surface area contributed by atoms with Crippen LogP contribution in [0.3, 0.4) is 0 Å². The Morgan fingerprint density at radius 2 is 1.43 bits per heavy atom. The molecule has 2 unspecified atom stereocenters. The molecule has 0 radical (unpaired) electrons. The summed E-state index contributed by atoms with van der Waals surface area (Å²) in [5.74, 6) is -0.610. The highest BCUT2D eigenvalue weighted by atomic mass is 16.6. The smallest absolute Gasteiger partial charge is 0.408 e. The van der Waals surface area contributed by atoms with Crippen molar-refractivity contribution in [3.63, 3.8) is 0 Å². The molecule has 2 atom stereocenters. The van der Waals surface area contributed by atoms with Crippen molar-refractivity contribution in [2.24, 2.45) is 0 Å². The molecule has 0 saturated heterocycles. The number of carbonyl (C=O) groups is 3. The van der Waals surface area contributed by atoms with E-state index >= 15 is 0 Å². The van der Waals surface area contributed by atoms with E-state index in [1.807, 2.05) is 90.1 Å². The summed E-state index contributed by atoms with van der Waals surface area (Å²) in [6.45, 7) is 16.8. The molecule has 0 aromatic heterocycles. The van der Waals surface area contributed by atoms with Gasteiger partial charge in [0.25, 0.3) is 0 Å². The zero-order valence-electron chi connectivity index (χ0n) is 23.7. The molecule has 7 heteroatoms. The van der Waals surface area contributed by atoms with E-state index in [1.54, 1.807) is 25.7 Å². The average molecular weight is 510 g/mol. The maximum absolute atomic E-state index is 14.3. The number of ether oxygens (including phenoxy) is 1. The Kier molecular flexibility index (Phi) is 10.3. The van der Waals surface area contributed by atoms with E-state index in [2.05, 4.69) is 10.6 Å². The number of carbonyl (C=O) groups excluding carboxylic acids is 3. The van der Waals surface area contributed by atoms with E-state index in [0.29, 0.717) is 0 Å². The third kappa shape index (κ3) is 8.62. The molecule has 0 aliphatic carbocycles. The van der Waals surface area contributed by atoms with E-state index in [9.17, 15) is 14.4 Å². The highest BCUT2D eigenvalue weighted by Gasteiger charge is 2.39. The molecule has 2 aromatic rings. The van der Waals surface area contributed by atoms with E-state index in [4.69, 9.17) is 4.74 Å². The minimum absolute atomic E-state index is 0.108. The van der Waals surface area contributed by atoms with Crippen LogP contribution in [-0.4, -0.2) is 46.5 Å². The lowest BCUT2D eigenvalue weighted by Gasteiger charge is -2.38. The number of benzene rings is 2. The lowest BCUT2D eigenvalue weighted by atomic mass is 9.92. The maximum Gasteiger partial charge on any atom is 0.408 e. The van der Waals surface area contributed by atoms with Crippen molar-refractivity contribution >= 4 is 17.9 Å². The third-order valence-electron chi connectivity index (χ3n) is 5.86. The molecular formula is C30H43N3O4. The van der Waals surface area contributed by atoms with Crippen LogP contribution < -0.4 is 10.6 Å². The van der Waals surface area contributed by atoms with Crippen LogP contribution in [0.2, 0.25) is 0 Å². The predicted octanol–water partition coefficient (Wildman–Crippen LogP) is 5.24. The number of alkyl carbamates (subject to hydrolysis) is 1. The molecule has 0 bridgehead atoms. The van der Waals surface area contributed by atoms with E-state index < -0.39 is 23.8 Å². The molecule has 2 aromatic carbocycles. The molecule has 0 aliphatic rings. The fraction of sp³-hybridized carbons (Fsp3) is 0.500. The topological polar surface area (TPSA) is 87.7 Å². The number of aryl methyl sites for hydroxylation is 2. The van der Waals surface area contributed by atoms with Gasteiger partial charge >= 0.3 is 6.09 Å². The maximum atomic E-state index is 14.3. The van der Waals surface area contributed by atoms with Gasteiger partial charge in [-0.3, -0.25) is 9.59 Å². The van der Waals surface area contributed by atoms with Gasteiger partial charge in [-0.15, -0.1) is 0 Å². The molecule has 0 saturated carbocycles. The normalized spacial score (nSPS) is 13.2. The SMILES string of the molecule is Cc1cccc(C)c1C(C(=O)NC(C)C)N(C(=O)C(Cc1ccccc1)NC(=O)OC(C)(C)C)C(C)C. The first-order valence-corrected chi connectivity index (χ1v) is 12.9. The highest BCUT2D eigenvalue weighted by molar-refractivity contribution is 5.93. The minimum atomic E-state index is -0.932. The Bertz CT molecular complexity index is 1050. The molecule has 0 spiro atoms. The zero-order valence-corrected chi connectivity index (χ0v) is 23.7. The zero-order chi connectivity index (χ0) is 27.9. The Labute approximate surface area is 222 Å². The van der Waals surface area contributed by atoms with Crippen molar-refractivity contribution in [1.82, 2.24) is 15.5 Å². The van der Waals surface area contributed by atoms with Crippen LogP contribution in [0.1, 0.15) is 76.8 Å². The molecule has 0 fully saturated rings. The number of hydrogen-bond donors (Lipinski definition) is 2. The first-order valence-electron chi connectivity index (χ1n) is 12.9. The Hall–Kier alpha value is -3.35. The van der Waals surface area contributed by atoms with Gasteiger partial charge in [-0.05, 0) is 84.6 Å². The molecule has 37 heavy (non-hydrogen) atoms. The van der Waals surface area contributed by atoms with E-state index in [-0.39, 0.29) is 30.3 Å². The quantitative estimate of drug-likeness (QED) is 0.484. The fourth-order valence-electron chi connectivity index (χ4n) is 4.38. The lowest BCUT2D eigenvalue weighted by Crippen LogP contribution is -2.56. The second-order valence-electron chi connectivity index (χ2n) is 11.1. The largest absolute Gasteiger partial charge is 0.444 e. The molecule has 7 nitrogen and oxygen atoms in total. The molecule has 3 amide bonds. The van der Waals surface area contributed by atoms with Gasteiger partial charge in [-0.2, -0.15) is 0 Å². The monoisotopic (exact) mass is 509 g/mol. The first-order chi connectivity index (χ1) is 17.2. The van der Waals surface area contributed by atoms with Crippen LogP contribution in [0.15, 0.2) is 48.5 Å². The molecule has 202 valence electrons. The summed E-state index contributed by atoms with van der Waals surface area (Å²) in [4.78, 5) is 42.4. The molecule has 0 heterocycles. The van der Waals surface area contributed by atoms with Crippen molar-refractivity contribution in [2.45, 2.75) is 98.5 Å². The van der Waals surface area contributed by atoms with Crippen molar-refractivity contribution in [3.8, 4) is 0 Å². The molecule has 2 rings (SSSR count). The van der Waals surface area contributed by atoms with Gasteiger partial charge in [0.05, 0.1) is 0 Å². The summed E-state index contributed by atoms with van der Waals surface area (Å²) in [5.41, 5.74) is 2.79. The van der Waals surface area contributed by atoms with Gasteiger partial charge in [-0.25, -0.2) is 4.79 Å². The second kappa shape index (κ2) is 12.7. The standard InChI is InChI=1S/C30H43N3O4/c1-19(2)31-27(34)26(25-21(5)14-13-15-22(25)6)33(20(3)4)28(35)24(18-23-16-11-10-12-17-23)32-29(36)37-30(7,8)9/h10-17,19-20,24,26H,18H2,1-9H3,(H,31,34)(H,32,36). The van der Waals surface area contributed by atoms with Crippen molar-refractivity contribution in [1.29, 1.82) is 0 Å². The van der Waals surface area contributed by atoms with Gasteiger partial charge in [0, 0.05) is 18.5 Å².